The fourth-order valence-corrected chi connectivity index (χ4v) is 8.28. The summed E-state index contributed by atoms with van der Waals surface area (Å²) >= 11 is 2.71. The van der Waals surface area contributed by atoms with Crippen LogP contribution in [0.15, 0.2) is 0 Å². The normalized spacial score (nSPS) is 82.0. The lowest BCUT2D eigenvalue weighted by atomic mass is 8.98. The Kier molecular flexibility index (Phi) is 0.668. The molecule has 0 bridgehead atoms. The van der Waals surface area contributed by atoms with Crippen LogP contribution in [0, 0.1) is 35.5 Å². The number of carbonyl (C=O) groups is 1. The lowest BCUT2D eigenvalue weighted by molar-refractivity contribution is -0.552. The van der Waals surface area contributed by atoms with Crippen molar-refractivity contribution in [2.45, 2.75) is 15.9 Å². The van der Waals surface area contributed by atoms with Gasteiger partial charge in [0.1, 0.15) is 0 Å². The molecule has 0 saturated heterocycles. The number of carbonyl (C=O) groups excluding carboxylic acids is 1. The van der Waals surface area contributed by atoms with Gasteiger partial charge in [-0.25, -0.2) is 0 Å². The molecule has 6 fully saturated rings. The second-order valence-corrected chi connectivity index (χ2v) is 7.46. The molecule has 0 heterocycles. The van der Waals surface area contributed by atoms with Crippen LogP contribution in [0.3, 0.4) is 0 Å². The molecule has 13 heavy (non-hydrogen) atoms. The van der Waals surface area contributed by atoms with Gasteiger partial charge in [0.25, 0.3) is 0 Å². The number of alkyl halides is 1. The first-order valence-electron chi connectivity index (χ1n) is 5.13. The van der Waals surface area contributed by atoms with Gasteiger partial charge in [-0.3, -0.25) is 4.79 Å². The molecule has 0 aromatic heterocycles. The molecule has 0 spiro atoms. The molecule has 0 atom stereocenters. The summed E-state index contributed by atoms with van der Waals surface area (Å²) in [4.78, 5) is 11.1. The van der Waals surface area contributed by atoms with Crippen LogP contribution < -0.4 is 5.32 Å². The van der Waals surface area contributed by atoms with Crippen molar-refractivity contribution < 1.29 is 4.79 Å². The third-order valence-electron chi connectivity index (χ3n) is 5.90. The Morgan fingerprint density at radius 3 is 2.00 bits per heavy atom. The third kappa shape index (κ3) is 0.299. The summed E-state index contributed by atoms with van der Waals surface area (Å²) < 4.78 is 0.748. The van der Waals surface area contributed by atoms with E-state index < -0.39 is 0 Å². The second-order valence-electron chi connectivity index (χ2n) is 5.60. The van der Waals surface area contributed by atoms with Gasteiger partial charge in [-0.2, -0.15) is 0 Å². The summed E-state index contributed by atoms with van der Waals surface area (Å²) in [7, 11) is 0. The van der Waals surface area contributed by atoms with E-state index in [-0.39, 0.29) is 5.91 Å². The molecular weight excluding hydrogens is 277 g/mol. The first-order chi connectivity index (χ1) is 6.15. The quantitative estimate of drug-likeness (QED) is 0.561. The predicted molar refractivity (Wildman–Crippen MR) is 54.2 cm³/mol. The maximum Gasteiger partial charge on any atom is 0.217 e. The fourth-order valence-electron chi connectivity index (χ4n) is 5.95. The summed E-state index contributed by atoms with van der Waals surface area (Å²) in [6.07, 6.45) is 0. The van der Waals surface area contributed by atoms with Crippen molar-refractivity contribution in [3.8, 4) is 0 Å². The Bertz CT molecular complexity index is 337. The molecule has 0 radical (unpaired) electrons. The van der Waals surface area contributed by atoms with E-state index in [9.17, 15) is 4.79 Å². The van der Waals surface area contributed by atoms with Crippen LogP contribution in [0.25, 0.3) is 0 Å². The third-order valence-corrected chi connectivity index (χ3v) is 8.06. The molecule has 6 aliphatic carbocycles. The van der Waals surface area contributed by atoms with Crippen LogP contribution in [0.4, 0.5) is 0 Å². The molecule has 0 aliphatic heterocycles. The summed E-state index contributed by atoms with van der Waals surface area (Å²) in [5.41, 5.74) is 0.360. The zero-order valence-corrected chi connectivity index (χ0v) is 9.41. The summed E-state index contributed by atoms with van der Waals surface area (Å²) in [5.74, 6) is 5.97. The van der Waals surface area contributed by atoms with E-state index >= 15 is 0 Å². The van der Waals surface area contributed by atoms with Crippen molar-refractivity contribution in [3.05, 3.63) is 0 Å². The standard InChI is InChI=1S/C10H10INO/c1-2(13)12-10-6-3-7(10)5-8(10)4(6)9(3,5)11/h3-8H,1H3,(H,12,13). The van der Waals surface area contributed by atoms with Crippen LogP contribution in [0.2, 0.25) is 0 Å². The second kappa shape index (κ2) is 1.31. The van der Waals surface area contributed by atoms with E-state index in [4.69, 9.17) is 0 Å². The summed E-state index contributed by atoms with van der Waals surface area (Å²) in [5, 5.41) is 3.24. The maximum absolute atomic E-state index is 11.1. The Labute approximate surface area is 90.0 Å². The highest BCUT2D eigenvalue weighted by Gasteiger charge is 3.09. The van der Waals surface area contributed by atoms with Crippen molar-refractivity contribution in [1.29, 1.82) is 0 Å². The molecule has 3 heteroatoms. The average Bonchev–Trinajstić information content (AvgIpc) is 2.10. The van der Waals surface area contributed by atoms with Gasteiger partial charge in [0.15, 0.2) is 0 Å². The molecule has 6 saturated carbocycles. The van der Waals surface area contributed by atoms with E-state index in [1.165, 1.54) is 0 Å². The number of amides is 1. The topological polar surface area (TPSA) is 29.1 Å². The monoisotopic (exact) mass is 287 g/mol. The fraction of sp³-hybridized carbons (Fsp3) is 0.900. The number of hydrogen-bond acceptors (Lipinski definition) is 1. The minimum absolute atomic E-state index is 0.193. The van der Waals surface area contributed by atoms with Gasteiger partial charge in [0.05, 0.1) is 5.54 Å². The molecule has 0 aromatic carbocycles. The van der Waals surface area contributed by atoms with E-state index in [1.54, 1.807) is 6.92 Å². The van der Waals surface area contributed by atoms with Gasteiger partial charge in [-0.15, -0.1) is 0 Å². The highest BCUT2D eigenvalue weighted by Crippen LogP contribution is 3.05. The zero-order chi connectivity index (χ0) is 8.75. The number of rotatable bonds is 1. The zero-order valence-electron chi connectivity index (χ0n) is 7.25. The molecule has 68 valence electrons. The average molecular weight is 287 g/mol. The van der Waals surface area contributed by atoms with E-state index in [0.29, 0.717) is 5.54 Å². The predicted octanol–water partition coefficient (Wildman–Crippen LogP) is 0.800. The molecule has 0 aromatic rings. The molecule has 6 aliphatic rings. The smallest absolute Gasteiger partial charge is 0.217 e. The van der Waals surface area contributed by atoms with Gasteiger partial charge in [-0.1, -0.05) is 22.6 Å². The number of halogens is 1. The van der Waals surface area contributed by atoms with E-state index in [2.05, 4.69) is 27.9 Å². The Balaban J connectivity index is 1.59. The van der Waals surface area contributed by atoms with Crippen LogP contribution in [0.5, 0.6) is 0 Å². The minimum Gasteiger partial charge on any atom is -0.350 e. The van der Waals surface area contributed by atoms with Crippen molar-refractivity contribution in [2.75, 3.05) is 0 Å². The SMILES string of the molecule is CC(=O)NC12C3C4C1C1C2C3C41I. The first kappa shape index (κ1) is 6.64. The van der Waals surface area contributed by atoms with E-state index in [0.717, 1.165) is 38.9 Å². The van der Waals surface area contributed by atoms with Crippen molar-refractivity contribution in [2.24, 2.45) is 35.5 Å². The van der Waals surface area contributed by atoms with Gasteiger partial charge in [-0.05, 0) is 35.5 Å². The lowest BCUT2D eigenvalue weighted by Gasteiger charge is -3.10. The summed E-state index contributed by atoms with van der Waals surface area (Å²) in [6.45, 7) is 1.67. The number of nitrogens with one attached hydrogen (secondary N) is 1. The van der Waals surface area contributed by atoms with Crippen molar-refractivity contribution >= 4 is 28.5 Å². The first-order valence-corrected chi connectivity index (χ1v) is 6.20. The van der Waals surface area contributed by atoms with Gasteiger partial charge >= 0.3 is 0 Å². The molecular formula is C10H10INO. The van der Waals surface area contributed by atoms with Crippen LogP contribution in [-0.4, -0.2) is 14.9 Å². The van der Waals surface area contributed by atoms with Crippen LogP contribution in [0.1, 0.15) is 6.92 Å². The van der Waals surface area contributed by atoms with Gasteiger partial charge < -0.3 is 5.32 Å². The lowest BCUT2D eigenvalue weighted by Crippen LogP contribution is -3.16. The minimum atomic E-state index is 0.193. The van der Waals surface area contributed by atoms with Crippen LogP contribution >= 0.6 is 22.6 Å². The largest absolute Gasteiger partial charge is 0.350 e. The van der Waals surface area contributed by atoms with Gasteiger partial charge in [0, 0.05) is 10.3 Å². The molecule has 2 nitrogen and oxygen atoms in total. The highest BCUT2D eigenvalue weighted by atomic mass is 127. The Morgan fingerprint density at radius 2 is 1.62 bits per heavy atom. The Hall–Kier alpha value is 0.200. The number of hydrogen-bond donors (Lipinski definition) is 1. The summed E-state index contributed by atoms with van der Waals surface area (Å²) in [6, 6.07) is 0. The molecule has 6 rings (SSSR count). The van der Waals surface area contributed by atoms with Gasteiger partial charge in [0.2, 0.25) is 5.91 Å². The molecule has 1 N–H and O–H groups in total. The molecule has 0 unspecified atom stereocenters. The highest BCUT2D eigenvalue weighted by molar-refractivity contribution is 14.1. The van der Waals surface area contributed by atoms with Crippen molar-refractivity contribution in [1.82, 2.24) is 5.32 Å². The Morgan fingerprint density at radius 1 is 1.15 bits per heavy atom. The maximum atomic E-state index is 11.1. The molecule has 1 amide bonds. The van der Waals surface area contributed by atoms with E-state index in [1.807, 2.05) is 0 Å². The van der Waals surface area contributed by atoms with Crippen LogP contribution in [-0.2, 0) is 4.79 Å². The van der Waals surface area contributed by atoms with Crippen molar-refractivity contribution in [3.63, 3.8) is 0 Å².